The van der Waals surface area contributed by atoms with Crippen LogP contribution in [-0.2, 0) is 0 Å². The number of fused-ring (bicyclic) bond motifs is 1. The molecule has 2 aromatic heterocycles. The Morgan fingerprint density at radius 2 is 2.23 bits per heavy atom. The van der Waals surface area contributed by atoms with Gasteiger partial charge in [-0.3, -0.25) is 0 Å². The van der Waals surface area contributed by atoms with E-state index in [2.05, 4.69) is 34.1 Å². The van der Waals surface area contributed by atoms with Gasteiger partial charge in [0.1, 0.15) is 6.07 Å². The number of anilines is 1. The van der Waals surface area contributed by atoms with Gasteiger partial charge in [0, 0.05) is 34.3 Å². The number of nitriles is 1. The van der Waals surface area contributed by atoms with Gasteiger partial charge in [-0.2, -0.15) is 5.26 Å². The number of nitrogens with zero attached hydrogens (tertiary/aromatic N) is 2. The van der Waals surface area contributed by atoms with Crippen molar-refractivity contribution >= 4 is 52.4 Å². The highest BCUT2D eigenvalue weighted by Gasteiger charge is 2.11. The van der Waals surface area contributed by atoms with Crippen molar-refractivity contribution in [2.75, 3.05) is 18.1 Å². The van der Waals surface area contributed by atoms with Gasteiger partial charge in [-0.1, -0.05) is 14.0 Å². The van der Waals surface area contributed by atoms with Gasteiger partial charge in [-0.05, 0) is 31.9 Å². The van der Waals surface area contributed by atoms with E-state index >= 15 is 0 Å². The van der Waals surface area contributed by atoms with E-state index in [1.165, 1.54) is 16.6 Å². The van der Waals surface area contributed by atoms with E-state index in [4.69, 9.17) is 0 Å². The maximum absolute atomic E-state index is 9.20. The second kappa shape index (κ2) is 6.29. The molecule has 0 spiro atoms. The Morgan fingerprint density at radius 3 is 2.91 bits per heavy atom. The first kappa shape index (κ1) is 15.4. The molecule has 112 valence electrons. The van der Waals surface area contributed by atoms with Crippen molar-refractivity contribution < 1.29 is 0 Å². The van der Waals surface area contributed by atoms with Crippen LogP contribution in [0.1, 0.15) is 11.1 Å². The highest BCUT2D eigenvalue weighted by Crippen LogP contribution is 2.33. The maximum Gasteiger partial charge on any atom is 0.171 e. The van der Waals surface area contributed by atoms with Crippen LogP contribution < -0.4 is 9.34 Å². The van der Waals surface area contributed by atoms with Crippen LogP contribution in [0.15, 0.2) is 28.9 Å². The number of aromatic amines is 1. The number of nitrogens with one attached hydrogen (secondary N) is 2. The Hall–Kier alpha value is -1.54. The van der Waals surface area contributed by atoms with Crippen LogP contribution in [-0.4, -0.2) is 23.3 Å². The van der Waals surface area contributed by atoms with E-state index in [1.54, 1.807) is 17.5 Å². The quantitative estimate of drug-likeness (QED) is 0.546. The fourth-order valence-corrected chi connectivity index (χ4v) is 5.08. The molecule has 22 heavy (non-hydrogen) atoms. The molecular weight excluding hydrogens is 331 g/mol. The lowest BCUT2D eigenvalue weighted by Gasteiger charge is -2.06. The molecule has 7 heteroatoms. The zero-order valence-electron chi connectivity index (χ0n) is 12.5. The normalized spacial score (nSPS) is 11.0. The van der Waals surface area contributed by atoms with Crippen LogP contribution in [0.3, 0.4) is 0 Å². The molecule has 0 aliphatic rings. The Kier molecular flexibility index (Phi) is 4.39. The smallest absolute Gasteiger partial charge is 0.171 e. The molecule has 2 heterocycles. The highest BCUT2D eigenvalue weighted by molar-refractivity contribution is 8.02. The first-order valence-corrected chi connectivity index (χ1v) is 10.5. The average molecular weight is 346 g/mol. The molecule has 0 saturated heterocycles. The van der Waals surface area contributed by atoms with Gasteiger partial charge in [0.25, 0.3) is 0 Å². The van der Waals surface area contributed by atoms with E-state index in [-0.39, 0.29) is 7.92 Å². The lowest BCUT2D eigenvalue weighted by molar-refractivity contribution is 1.26. The average Bonchev–Trinajstić information content (AvgIpc) is 3.13. The van der Waals surface area contributed by atoms with Gasteiger partial charge in [-0.25, -0.2) is 4.98 Å². The predicted molar refractivity (Wildman–Crippen MR) is 97.7 cm³/mol. The number of hydrogen-bond acceptors (Lipinski definition) is 5. The molecule has 2 N–H and O–H groups in total. The first-order valence-electron chi connectivity index (χ1n) is 6.67. The summed E-state index contributed by atoms with van der Waals surface area (Å²) in [5.74, 6) is 0. The van der Waals surface area contributed by atoms with E-state index in [1.807, 2.05) is 25.3 Å². The minimum absolute atomic E-state index is 0.0986. The maximum atomic E-state index is 9.20. The Morgan fingerprint density at radius 1 is 1.41 bits per heavy atom. The Balaban J connectivity index is 1.86. The molecule has 0 aliphatic heterocycles. The molecule has 3 aromatic rings. The number of hydrogen-bond donors (Lipinski definition) is 2. The summed E-state index contributed by atoms with van der Waals surface area (Å²) in [5, 5.41) is 10.2. The summed E-state index contributed by atoms with van der Waals surface area (Å²) in [4.78, 5) is 7.64. The number of aromatic nitrogens is 2. The minimum atomic E-state index is -0.0986. The lowest BCUT2D eigenvalue weighted by atomic mass is 10.1. The van der Waals surface area contributed by atoms with Crippen molar-refractivity contribution in [3.8, 4) is 6.07 Å². The topological polar surface area (TPSA) is 64.5 Å². The standard InChI is InChI=1S/C15H15N4PS2/c1-9-4-5-11(14-13(9)10(6-16)7-17-14)19-22-15-18-8-12(21-15)20(2)3/h4-5,7-8,17,19H,1-3H3. The molecule has 1 aromatic carbocycles. The molecule has 0 aliphatic carbocycles. The van der Waals surface area contributed by atoms with Crippen molar-refractivity contribution in [2.45, 2.75) is 11.3 Å². The molecule has 4 nitrogen and oxygen atoms in total. The van der Waals surface area contributed by atoms with Gasteiger partial charge < -0.3 is 9.71 Å². The summed E-state index contributed by atoms with van der Waals surface area (Å²) in [6, 6.07) is 6.30. The third-order valence-electron chi connectivity index (χ3n) is 3.33. The zero-order chi connectivity index (χ0) is 15.7. The van der Waals surface area contributed by atoms with Crippen molar-refractivity contribution in [2.24, 2.45) is 0 Å². The second-order valence-electron chi connectivity index (χ2n) is 5.06. The lowest BCUT2D eigenvalue weighted by Crippen LogP contribution is -1.89. The molecular formula is C15H15N4PS2. The van der Waals surface area contributed by atoms with Gasteiger partial charge in [0.05, 0.1) is 16.8 Å². The molecule has 0 radical (unpaired) electrons. The van der Waals surface area contributed by atoms with E-state index < -0.39 is 0 Å². The number of aryl methyl sites for hydroxylation is 1. The Labute approximate surface area is 138 Å². The van der Waals surface area contributed by atoms with Crippen LogP contribution in [0, 0.1) is 18.3 Å². The third kappa shape index (κ3) is 2.85. The van der Waals surface area contributed by atoms with E-state index in [0.29, 0.717) is 5.56 Å². The molecule has 0 amide bonds. The molecule has 3 rings (SSSR count). The number of thiazole rings is 1. The van der Waals surface area contributed by atoms with Crippen molar-refractivity contribution in [3.63, 3.8) is 0 Å². The highest BCUT2D eigenvalue weighted by atomic mass is 32.2. The van der Waals surface area contributed by atoms with E-state index in [9.17, 15) is 5.26 Å². The number of benzene rings is 1. The number of H-pyrrole nitrogens is 1. The largest absolute Gasteiger partial charge is 0.358 e. The number of rotatable bonds is 4. The zero-order valence-corrected chi connectivity index (χ0v) is 15.0. The third-order valence-corrected chi connectivity index (χ3v) is 7.39. The van der Waals surface area contributed by atoms with Crippen molar-refractivity contribution in [1.29, 1.82) is 5.26 Å². The fourth-order valence-electron chi connectivity index (χ4n) is 2.20. The van der Waals surface area contributed by atoms with Crippen LogP contribution >= 0.6 is 31.2 Å². The summed E-state index contributed by atoms with van der Waals surface area (Å²) < 4.78 is 5.71. The van der Waals surface area contributed by atoms with Gasteiger partial charge >= 0.3 is 0 Å². The summed E-state index contributed by atoms with van der Waals surface area (Å²) in [6.45, 7) is 6.49. The summed E-state index contributed by atoms with van der Waals surface area (Å²) in [7, 11) is -0.0986. The predicted octanol–water partition coefficient (Wildman–Crippen LogP) is 4.29. The molecule has 0 bridgehead atoms. The van der Waals surface area contributed by atoms with Crippen molar-refractivity contribution in [3.05, 3.63) is 35.7 Å². The van der Waals surface area contributed by atoms with Crippen LogP contribution in [0.4, 0.5) is 5.69 Å². The molecule has 0 fully saturated rings. The first-order chi connectivity index (χ1) is 10.6. The molecule has 0 atom stereocenters. The Bertz CT molecular complexity index is 860. The monoisotopic (exact) mass is 346 g/mol. The minimum Gasteiger partial charge on any atom is -0.358 e. The second-order valence-corrected chi connectivity index (χ2v) is 9.71. The van der Waals surface area contributed by atoms with Crippen LogP contribution in [0.5, 0.6) is 0 Å². The van der Waals surface area contributed by atoms with Crippen LogP contribution in [0.2, 0.25) is 0 Å². The van der Waals surface area contributed by atoms with Crippen molar-refractivity contribution in [1.82, 2.24) is 9.97 Å². The van der Waals surface area contributed by atoms with Gasteiger partial charge in [0.15, 0.2) is 4.34 Å². The summed E-state index contributed by atoms with van der Waals surface area (Å²) >= 11 is 3.25. The summed E-state index contributed by atoms with van der Waals surface area (Å²) in [6.07, 6.45) is 3.73. The van der Waals surface area contributed by atoms with Gasteiger partial charge in [0.2, 0.25) is 0 Å². The van der Waals surface area contributed by atoms with Gasteiger partial charge in [-0.15, -0.1) is 11.3 Å². The van der Waals surface area contributed by atoms with Crippen LogP contribution in [0.25, 0.3) is 10.9 Å². The van der Waals surface area contributed by atoms with E-state index in [0.717, 1.165) is 26.5 Å². The summed E-state index contributed by atoms with van der Waals surface area (Å²) in [5.41, 5.74) is 3.72. The fraction of sp³-hybridized carbons (Fsp3) is 0.200. The molecule has 0 saturated carbocycles. The SMILES string of the molecule is Cc1ccc(NSc2ncc(P(C)C)s2)c2[nH]cc(C#N)c12. The molecule has 0 unspecified atom stereocenters.